The zero-order valence-electron chi connectivity index (χ0n) is 13.9. The summed E-state index contributed by atoms with van der Waals surface area (Å²) in [6.07, 6.45) is 1.76. The van der Waals surface area contributed by atoms with Crippen LogP contribution in [0.3, 0.4) is 0 Å². The molecule has 2 saturated heterocycles. The Kier molecular flexibility index (Phi) is 5.87. The summed E-state index contributed by atoms with van der Waals surface area (Å²) in [5.41, 5.74) is 3.97. The third-order valence-corrected chi connectivity index (χ3v) is 5.32. The predicted octanol–water partition coefficient (Wildman–Crippen LogP) is -2.14. The number of methoxy groups -OCH3 is 1. The molecular formula is C14H26BN3O6. The summed E-state index contributed by atoms with van der Waals surface area (Å²) >= 11 is 0. The fourth-order valence-electron chi connectivity index (χ4n) is 4.11. The Morgan fingerprint density at radius 1 is 1.42 bits per heavy atom. The van der Waals surface area contributed by atoms with Crippen molar-refractivity contribution in [3.63, 3.8) is 0 Å². The summed E-state index contributed by atoms with van der Waals surface area (Å²) in [4.78, 5) is 26.0. The number of rotatable bonds is 8. The van der Waals surface area contributed by atoms with E-state index in [4.69, 9.17) is 20.5 Å². The molecule has 10 heteroatoms. The fraction of sp³-hybridized carbons (Fsp3) is 0.857. The zero-order valence-corrected chi connectivity index (χ0v) is 13.9. The van der Waals surface area contributed by atoms with Crippen molar-refractivity contribution in [2.75, 3.05) is 33.4 Å². The van der Waals surface area contributed by atoms with Crippen LogP contribution in [0, 0.1) is 5.41 Å². The number of nitrogens with one attached hydrogen (secondary N) is 1. The summed E-state index contributed by atoms with van der Waals surface area (Å²) in [5.74, 6) is -1.31. The van der Waals surface area contributed by atoms with Crippen molar-refractivity contribution in [2.45, 2.75) is 37.2 Å². The number of ether oxygens (including phenoxy) is 1. The van der Waals surface area contributed by atoms with Crippen molar-refractivity contribution in [3.05, 3.63) is 0 Å². The number of carbonyl (C=O) groups is 2. The smallest absolute Gasteiger partial charge is 0.451 e. The van der Waals surface area contributed by atoms with Crippen LogP contribution in [0.25, 0.3) is 0 Å². The van der Waals surface area contributed by atoms with E-state index in [1.54, 1.807) is 0 Å². The van der Waals surface area contributed by atoms with Gasteiger partial charge in [-0.05, 0) is 25.7 Å². The molecule has 24 heavy (non-hydrogen) atoms. The van der Waals surface area contributed by atoms with E-state index in [2.05, 4.69) is 5.32 Å². The van der Waals surface area contributed by atoms with Gasteiger partial charge >= 0.3 is 13.1 Å². The van der Waals surface area contributed by atoms with Gasteiger partial charge in [-0.15, -0.1) is 0 Å². The minimum absolute atomic E-state index is 0.0558. The van der Waals surface area contributed by atoms with E-state index in [0.717, 1.165) is 0 Å². The molecule has 2 aliphatic heterocycles. The molecule has 136 valence electrons. The maximum atomic E-state index is 12.5. The molecule has 9 nitrogen and oxygen atoms in total. The van der Waals surface area contributed by atoms with Crippen LogP contribution in [0.2, 0.25) is 6.32 Å². The van der Waals surface area contributed by atoms with Gasteiger partial charge in [-0.3, -0.25) is 14.9 Å². The van der Waals surface area contributed by atoms with Crippen LogP contribution in [0.5, 0.6) is 0 Å². The van der Waals surface area contributed by atoms with Crippen LogP contribution >= 0.6 is 0 Å². The lowest BCUT2D eigenvalue weighted by molar-refractivity contribution is -0.147. The molecular weight excluding hydrogens is 317 g/mol. The number of carboxylic acids is 1. The molecule has 0 bridgehead atoms. The third kappa shape index (κ3) is 3.29. The minimum Gasteiger partial charge on any atom is -0.480 e. The zero-order chi connectivity index (χ0) is 18.0. The lowest BCUT2D eigenvalue weighted by Crippen LogP contribution is -2.58. The molecule has 1 amide bonds. The highest BCUT2D eigenvalue weighted by atomic mass is 16.5. The van der Waals surface area contributed by atoms with Gasteiger partial charge in [0.2, 0.25) is 5.91 Å². The highest BCUT2D eigenvalue weighted by Gasteiger charge is 2.65. The van der Waals surface area contributed by atoms with Gasteiger partial charge in [0.25, 0.3) is 0 Å². The van der Waals surface area contributed by atoms with Crippen LogP contribution in [-0.2, 0) is 14.3 Å². The number of fused-ring (bicyclic) bond motifs is 1. The summed E-state index contributed by atoms with van der Waals surface area (Å²) in [6, 6.07) is -0.823. The lowest BCUT2D eigenvalue weighted by Gasteiger charge is -2.35. The van der Waals surface area contributed by atoms with E-state index in [9.17, 15) is 14.7 Å². The number of aliphatic carboxylic acids is 1. The second-order valence-electron chi connectivity index (χ2n) is 6.80. The first-order valence-electron chi connectivity index (χ1n) is 8.16. The molecule has 2 heterocycles. The number of hydrogen-bond donors (Lipinski definition) is 5. The van der Waals surface area contributed by atoms with Crippen molar-refractivity contribution < 1.29 is 29.5 Å². The van der Waals surface area contributed by atoms with Crippen LogP contribution < -0.4 is 11.1 Å². The maximum absolute atomic E-state index is 12.5. The Balaban J connectivity index is 2.19. The molecule has 2 fully saturated rings. The first-order chi connectivity index (χ1) is 11.3. The molecule has 0 saturated carbocycles. The molecule has 0 radical (unpaired) electrons. The number of nitrogens with two attached hydrogens (primary N) is 1. The van der Waals surface area contributed by atoms with Gasteiger partial charge in [-0.25, -0.2) is 0 Å². The van der Waals surface area contributed by atoms with Crippen molar-refractivity contribution in [3.8, 4) is 0 Å². The molecule has 0 spiro atoms. The lowest BCUT2D eigenvalue weighted by atomic mass is 9.68. The normalized spacial score (nSPS) is 30.2. The van der Waals surface area contributed by atoms with E-state index in [1.807, 2.05) is 0 Å². The van der Waals surface area contributed by atoms with Crippen LogP contribution in [0.1, 0.15) is 19.3 Å². The largest absolute Gasteiger partial charge is 0.480 e. The number of likely N-dealkylation sites (tertiary alicyclic amines) is 1. The molecule has 2 aliphatic rings. The summed E-state index contributed by atoms with van der Waals surface area (Å²) in [7, 11) is 0.0395. The molecule has 0 aliphatic carbocycles. The first kappa shape index (κ1) is 19.1. The number of hydrogen-bond acceptors (Lipinski definition) is 7. The Labute approximate surface area is 141 Å². The monoisotopic (exact) mass is 343 g/mol. The number of carbonyl (C=O) groups excluding carboxylic acids is 1. The average molecular weight is 343 g/mol. The summed E-state index contributed by atoms with van der Waals surface area (Å²) in [6.45, 7) is 0.983. The van der Waals surface area contributed by atoms with Gasteiger partial charge in [0.15, 0.2) is 0 Å². The molecule has 0 aromatic rings. The molecule has 2 rings (SSSR count). The van der Waals surface area contributed by atoms with E-state index < -0.39 is 30.1 Å². The average Bonchev–Trinajstić information content (AvgIpc) is 2.99. The predicted molar refractivity (Wildman–Crippen MR) is 86.1 cm³/mol. The van der Waals surface area contributed by atoms with Gasteiger partial charge < -0.3 is 30.5 Å². The van der Waals surface area contributed by atoms with Crippen molar-refractivity contribution >= 4 is 19.0 Å². The van der Waals surface area contributed by atoms with E-state index in [1.165, 1.54) is 12.0 Å². The van der Waals surface area contributed by atoms with Gasteiger partial charge in [-0.1, -0.05) is 6.42 Å². The Bertz CT molecular complexity index is 493. The highest BCUT2D eigenvalue weighted by molar-refractivity contribution is 6.40. The Morgan fingerprint density at radius 2 is 2.12 bits per heavy atom. The SMILES string of the molecule is COC[C@H](N)C(=O)N1C[C@@]2(CCCB(O)O)CCN[C@@]2(C(=O)O)C1. The van der Waals surface area contributed by atoms with E-state index in [0.29, 0.717) is 32.4 Å². The Hall–Kier alpha value is -1.20. The van der Waals surface area contributed by atoms with E-state index >= 15 is 0 Å². The van der Waals surface area contributed by atoms with Gasteiger partial charge in [-0.2, -0.15) is 0 Å². The molecule has 6 N–H and O–H groups in total. The highest BCUT2D eigenvalue weighted by Crippen LogP contribution is 2.49. The number of carboxylic acid groups (broad SMARTS) is 1. The standard InChI is InChI=1S/C14H26BN3O6/c1-24-7-10(16)11(19)18-8-13(3-2-5-15(22)23)4-6-17-14(13,9-18)12(20)21/h10,17,22-23H,2-9,16H2,1H3,(H,20,21)/t10-,13+,14+/m0/s1. The van der Waals surface area contributed by atoms with Crippen LogP contribution in [0.15, 0.2) is 0 Å². The second-order valence-corrected chi connectivity index (χ2v) is 6.80. The Morgan fingerprint density at radius 3 is 2.71 bits per heavy atom. The topological polar surface area (TPSA) is 145 Å². The van der Waals surface area contributed by atoms with Crippen molar-refractivity contribution in [1.29, 1.82) is 0 Å². The number of nitrogens with zero attached hydrogens (tertiary/aromatic N) is 1. The van der Waals surface area contributed by atoms with Gasteiger partial charge in [0.1, 0.15) is 11.6 Å². The summed E-state index contributed by atoms with van der Waals surface area (Å²) in [5, 5.41) is 31.0. The quantitative estimate of drug-likeness (QED) is 0.314. The first-order valence-corrected chi connectivity index (χ1v) is 8.16. The van der Waals surface area contributed by atoms with Crippen molar-refractivity contribution in [1.82, 2.24) is 10.2 Å². The van der Waals surface area contributed by atoms with E-state index in [-0.39, 0.29) is 25.4 Å². The molecule has 3 atom stereocenters. The maximum Gasteiger partial charge on any atom is 0.451 e. The fourth-order valence-corrected chi connectivity index (χ4v) is 4.11. The third-order valence-electron chi connectivity index (χ3n) is 5.32. The minimum atomic E-state index is -1.41. The van der Waals surface area contributed by atoms with Gasteiger partial charge in [0, 0.05) is 19.1 Å². The molecule has 0 aromatic heterocycles. The van der Waals surface area contributed by atoms with Crippen LogP contribution in [-0.4, -0.2) is 84.0 Å². The second kappa shape index (κ2) is 7.36. The molecule has 0 aromatic carbocycles. The van der Waals surface area contributed by atoms with Gasteiger partial charge in [0.05, 0.1) is 13.2 Å². The molecule has 0 unspecified atom stereocenters. The van der Waals surface area contributed by atoms with Crippen LogP contribution in [0.4, 0.5) is 0 Å². The van der Waals surface area contributed by atoms with Crippen molar-refractivity contribution in [2.24, 2.45) is 11.1 Å². The number of amides is 1. The summed E-state index contributed by atoms with van der Waals surface area (Å²) < 4.78 is 4.91.